The maximum atomic E-state index is 12.3. The second-order valence-electron chi connectivity index (χ2n) is 4.04. The molecule has 0 radical (unpaired) electrons. The molecule has 2 aromatic rings. The molecule has 0 fully saturated rings. The number of hydrogen-bond donors (Lipinski definition) is 1. The van der Waals surface area contributed by atoms with Crippen LogP contribution in [0.4, 0.5) is 8.78 Å². The van der Waals surface area contributed by atoms with E-state index in [1.165, 1.54) is 12.1 Å². The number of rotatable bonds is 7. The normalized spacial score (nSPS) is 11.0. The topological polar surface area (TPSA) is 34.1 Å². The van der Waals surface area contributed by atoms with E-state index in [-0.39, 0.29) is 5.75 Å². The highest BCUT2D eigenvalue weighted by molar-refractivity contribution is 7.07. The predicted octanol–water partition coefficient (Wildman–Crippen LogP) is 3.73. The van der Waals surface area contributed by atoms with Crippen LogP contribution in [0.1, 0.15) is 11.3 Å². The minimum Gasteiger partial charge on any atom is -0.434 e. The molecule has 0 saturated heterocycles. The lowest BCUT2D eigenvalue weighted by Gasteiger charge is -2.11. The Labute approximate surface area is 124 Å². The van der Waals surface area contributed by atoms with Crippen LogP contribution in [0.3, 0.4) is 0 Å². The fourth-order valence-corrected chi connectivity index (χ4v) is 2.49. The summed E-state index contributed by atoms with van der Waals surface area (Å²) in [5.41, 5.74) is 3.40. The molecule has 7 heteroatoms. The summed E-state index contributed by atoms with van der Waals surface area (Å²) in [6, 6.07) is 4.60. The Morgan fingerprint density at radius 1 is 1.40 bits per heavy atom. The Morgan fingerprint density at radius 3 is 2.95 bits per heavy atom. The van der Waals surface area contributed by atoms with Gasteiger partial charge in [0, 0.05) is 35.5 Å². The largest absolute Gasteiger partial charge is 0.434 e. The number of aromatic nitrogens is 1. The molecule has 0 bridgehead atoms. The number of thiazole rings is 1. The molecule has 0 spiro atoms. The number of ether oxygens (including phenoxy) is 1. The number of halogens is 3. The van der Waals surface area contributed by atoms with Crippen molar-refractivity contribution in [2.24, 2.45) is 0 Å². The first-order valence-electron chi connectivity index (χ1n) is 5.96. The third-order valence-electron chi connectivity index (χ3n) is 2.60. The van der Waals surface area contributed by atoms with Crippen LogP contribution in [0, 0.1) is 0 Å². The summed E-state index contributed by atoms with van der Waals surface area (Å²) in [6.45, 7) is -1.73. The Balaban J connectivity index is 1.88. The van der Waals surface area contributed by atoms with Crippen molar-refractivity contribution in [2.45, 2.75) is 19.6 Å². The van der Waals surface area contributed by atoms with E-state index in [9.17, 15) is 8.78 Å². The molecular weight excluding hydrogens is 306 g/mol. The van der Waals surface area contributed by atoms with Gasteiger partial charge in [0.15, 0.2) is 0 Å². The first-order chi connectivity index (χ1) is 9.65. The zero-order valence-electron chi connectivity index (χ0n) is 10.5. The average molecular weight is 319 g/mol. The van der Waals surface area contributed by atoms with Gasteiger partial charge in [-0.3, -0.25) is 0 Å². The number of benzene rings is 1. The molecule has 0 unspecified atom stereocenters. The number of hydrogen-bond acceptors (Lipinski definition) is 4. The van der Waals surface area contributed by atoms with Gasteiger partial charge in [-0.25, -0.2) is 4.98 Å². The van der Waals surface area contributed by atoms with E-state index in [0.29, 0.717) is 23.7 Å². The van der Waals surface area contributed by atoms with Gasteiger partial charge in [-0.05, 0) is 18.2 Å². The van der Waals surface area contributed by atoms with Crippen LogP contribution in [0.15, 0.2) is 29.1 Å². The van der Waals surface area contributed by atoms with E-state index in [2.05, 4.69) is 15.0 Å². The standard InChI is InChI=1S/C13H13ClF2N2OS/c14-10-1-2-12(19-13(15)16)9(5-10)6-17-4-3-11-7-20-8-18-11/h1-2,5,7-8,13,17H,3-4,6H2. The molecule has 20 heavy (non-hydrogen) atoms. The summed E-state index contributed by atoms with van der Waals surface area (Å²) in [5, 5.41) is 5.63. The fourth-order valence-electron chi connectivity index (χ4n) is 1.70. The Hall–Kier alpha value is -1.24. The van der Waals surface area contributed by atoms with Gasteiger partial charge in [-0.1, -0.05) is 11.6 Å². The van der Waals surface area contributed by atoms with E-state index < -0.39 is 6.61 Å². The van der Waals surface area contributed by atoms with Gasteiger partial charge < -0.3 is 10.1 Å². The van der Waals surface area contributed by atoms with Crippen LogP contribution in [0.2, 0.25) is 5.02 Å². The van der Waals surface area contributed by atoms with E-state index in [1.807, 2.05) is 5.38 Å². The highest BCUT2D eigenvalue weighted by atomic mass is 35.5. The van der Waals surface area contributed by atoms with Gasteiger partial charge >= 0.3 is 6.61 Å². The van der Waals surface area contributed by atoms with Crippen molar-refractivity contribution in [3.05, 3.63) is 45.4 Å². The molecule has 0 aliphatic rings. The molecule has 108 valence electrons. The van der Waals surface area contributed by atoms with E-state index in [4.69, 9.17) is 11.6 Å². The first-order valence-corrected chi connectivity index (χ1v) is 7.28. The van der Waals surface area contributed by atoms with Crippen LogP contribution in [0.25, 0.3) is 0 Å². The lowest BCUT2D eigenvalue weighted by molar-refractivity contribution is -0.0504. The van der Waals surface area contributed by atoms with E-state index in [0.717, 1.165) is 12.1 Å². The summed E-state index contributed by atoms with van der Waals surface area (Å²) < 4.78 is 29.0. The molecule has 1 N–H and O–H groups in total. The van der Waals surface area contributed by atoms with Crippen LogP contribution < -0.4 is 10.1 Å². The van der Waals surface area contributed by atoms with Crippen LogP contribution in [-0.4, -0.2) is 18.1 Å². The lowest BCUT2D eigenvalue weighted by atomic mass is 10.2. The van der Waals surface area contributed by atoms with E-state index in [1.54, 1.807) is 22.9 Å². The highest BCUT2D eigenvalue weighted by Gasteiger charge is 2.10. The van der Waals surface area contributed by atoms with Crippen molar-refractivity contribution in [2.75, 3.05) is 6.54 Å². The third kappa shape index (κ3) is 4.70. The van der Waals surface area contributed by atoms with Gasteiger partial charge in [-0.2, -0.15) is 8.78 Å². The van der Waals surface area contributed by atoms with Crippen molar-refractivity contribution in [1.82, 2.24) is 10.3 Å². The predicted molar refractivity (Wildman–Crippen MR) is 75.6 cm³/mol. The second-order valence-corrected chi connectivity index (χ2v) is 5.19. The smallest absolute Gasteiger partial charge is 0.387 e. The minimum atomic E-state index is -2.84. The SMILES string of the molecule is FC(F)Oc1ccc(Cl)cc1CNCCc1cscn1. The van der Waals surface area contributed by atoms with Gasteiger partial charge in [0.25, 0.3) is 0 Å². The van der Waals surface area contributed by atoms with E-state index >= 15 is 0 Å². The van der Waals surface area contributed by atoms with Gasteiger partial charge in [-0.15, -0.1) is 11.3 Å². The molecule has 0 aliphatic heterocycles. The molecule has 3 nitrogen and oxygen atoms in total. The summed E-state index contributed by atoms with van der Waals surface area (Å²) >= 11 is 7.41. The van der Waals surface area contributed by atoms with Crippen molar-refractivity contribution in [3.8, 4) is 5.75 Å². The maximum Gasteiger partial charge on any atom is 0.387 e. The zero-order valence-corrected chi connectivity index (χ0v) is 12.1. The fraction of sp³-hybridized carbons (Fsp3) is 0.308. The summed E-state index contributed by atoms with van der Waals surface area (Å²) in [4.78, 5) is 4.17. The van der Waals surface area contributed by atoms with Gasteiger partial charge in [0.2, 0.25) is 0 Å². The molecule has 0 amide bonds. The maximum absolute atomic E-state index is 12.3. The minimum absolute atomic E-state index is 0.144. The first kappa shape index (κ1) is 15.2. The molecule has 0 atom stereocenters. The van der Waals surface area contributed by atoms with Gasteiger partial charge in [0.05, 0.1) is 11.2 Å². The molecule has 1 aromatic heterocycles. The molecule has 0 saturated carbocycles. The second kappa shape index (κ2) is 7.52. The monoisotopic (exact) mass is 318 g/mol. The molecule has 1 heterocycles. The quantitative estimate of drug-likeness (QED) is 0.790. The lowest BCUT2D eigenvalue weighted by Crippen LogP contribution is -2.18. The van der Waals surface area contributed by atoms with Crippen molar-refractivity contribution in [1.29, 1.82) is 0 Å². The third-order valence-corrected chi connectivity index (χ3v) is 3.47. The molecule has 0 aliphatic carbocycles. The van der Waals surface area contributed by atoms with Gasteiger partial charge in [0.1, 0.15) is 5.75 Å². The van der Waals surface area contributed by atoms with Crippen molar-refractivity contribution < 1.29 is 13.5 Å². The Morgan fingerprint density at radius 2 is 2.25 bits per heavy atom. The van der Waals surface area contributed by atoms with Crippen LogP contribution in [-0.2, 0) is 13.0 Å². The summed E-state index contributed by atoms with van der Waals surface area (Å²) in [7, 11) is 0. The Bertz CT molecular complexity index is 537. The average Bonchev–Trinajstić information content (AvgIpc) is 2.90. The molecule has 2 rings (SSSR count). The van der Waals surface area contributed by atoms with Crippen LogP contribution in [0.5, 0.6) is 5.75 Å². The molecular formula is C13H13ClF2N2OS. The molecule has 1 aromatic carbocycles. The zero-order chi connectivity index (χ0) is 14.4. The number of nitrogens with one attached hydrogen (secondary N) is 1. The number of nitrogens with zero attached hydrogens (tertiary/aromatic N) is 1. The van der Waals surface area contributed by atoms with Crippen molar-refractivity contribution in [3.63, 3.8) is 0 Å². The summed E-state index contributed by atoms with van der Waals surface area (Å²) in [5.74, 6) is 0.144. The van der Waals surface area contributed by atoms with Crippen LogP contribution >= 0.6 is 22.9 Å². The number of alkyl halides is 2. The van der Waals surface area contributed by atoms with Crippen molar-refractivity contribution >= 4 is 22.9 Å². The highest BCUT2D eigenvalue weighted by Crippen LogP contribution is 2.24. The Kier molecular flexibility index (Phi) is 5.70. The summed E-state index contributed by atoms with van der Waals surface area (Å²) in [6.07, 6.45) is 0.787.